The maximum absolute atomic E-state index is 10.8. The molecule has 0 fully saturated rings. The SMILES string of the molecule is CCC(=O)Oc1[c]cccc1Cl. The van der Waals surface area contributed by atoms with Gasteiger partial charge in [-0.1, -0.05) is 30.7 Å². The molecule has 0 saturated heterocycles. The van der Waals surface area contributed by atoms with Crippen LogP contribution in [0.3, 0.4) is 0 Å². The van der Waals surface area contributed by atoms with Gasteiger partial charge in [0.15, 0.2) is 5.75 Å². The minimum atomic E-state index is -0.306. The smallest absolute Gasteiger partial charge is 0.310 e. The van der Waals surface area contributed by atoms with Gasteiger partial charge in [0, 0.05) is 12.5 Å². The molecule has 3 heteroatoms. The van der Waals surface area contributed by atoms with E-state index in [0.29, 0.717) is 17.2 Å². The largest absolute Gasteiger partial charge is 0.424 e. The number of hydrogen-bond donors (Lipinski definition) is 0. The van der Waals surface area contributed by atoms with Crippen LogP contribution >= 0.6 is 11.6 Å². The zero-order valence-electron chi connectivity index (χ0n) is 6.63. The lowest BCUT2D eigenvalue weighted by atomic mass is 10.3. The molecule has 0 aliphatic carbocycles. The summed E-state index contributed by atoms with van der Waals surface area (Å²) in [5.41, 5.74) is 0. The Morgan fingerprint density at radius 1 is 1.75 bits per heavy atom. The van der Waals surface area contributed by atoms with Gasteiger partial charge in [0.05, 0.1) is 5.02 Å². The molecule has 0 aliphatic rings. The molecule has 63 valence electrons. The number of benzene rings is 1. The number of para-hydroxylation sites is 1. The lowest BCUT2D eigenvalue weighted by Gasteiger charge is -2.02. The van der Waals surface area contributed by atoms with E-state index in [-0.39, 0.29) is 5.97 Å². The number of carbonyl (C=O) groups is 1. The molecule has 0 bridgehead atoms. The van der Waals surface area contributed by atoms with E-state index in [2.05, 4.69) is 6.07 Å². The standard InChI is InChI=1S/C9H8ClO2/c1-2-9(11)12-8-6-4-3-5-7(8)10/h3-5H,2H2,1H3. The number of carbonyl (C=O) groups excluding carboxylic acids is 1. The van der Waals surface area contributed by atoms with E-state index in [0.717, 1.165) is 0 Å². The summed E-state index contributed by atoms with van der Waals surface area (Å²) in [4.78, 5) is 10.8. The Morgan fingerprint density at radius 3 is 3.08 bits per heavy atom. The highest BCUT2D eigenvalue weighted by molar-refractivity contribution is 6.32. The second kappa shape index (κ2) is 4.12. The van der Waals surface area contributed by atoms with Crippen LogP contribution in [0.5, 0.6) is 5.75 Å². The highest BCUT2D eigenvalue weighted by Crippen LogP contribution is 2.22. The van der Waals surface area contributed by atoms with Crippen LogP contribution in [0.2, 0.25) is 5.02 Å². The first kappa shape index (κ1) is 9.07. The molecular formula is C9H8ClO2. The minimum Gasteiger partial charge on any atom is -0.424 e. The van der Waals surface area contributed by atoms with Crippen LogP contribution in [-0.4, -0.2) is 5.97 Å². The molecule has 12 heavy (non-hydrogen) atoms. The molecule has 1 rings (SSSR count). The van der Waals surface area contributed by atoms with Gasteiger partial charge in [-0.25, -0.2) is 0 Å². The van der Waals surface area contributed by atoms with Gasteiger partial charge < -0.3 is 4.74 Å². The Hall–Kier alpha value is -1.02. The Labute approximate surface area is 76.1 Å². The van der Waals surface area contributed by atoms with Gasteiger partial charge >= 0.3 is 5.97 Å². The summed E-state index contributed by atoms with van der Waals surface area (Å²) in [5.74, 6) is -0.00892. The number of rotatable bonds is 2. The number of ether oxygens (including phenoxy) is 1. The zero-order valence-corrected chi connectivity index (χ0v) is 7.39. The number of esters is 1. The van der Waals surface area contributed by atoms with Gasteiger partial charge in [0.1, 0.15) is 0 Å². The molecule has 0 saturated carbocycles. The van der Waals surface area contributed by atoms with Crippen molar-refractivity contribution in [2.75, 3.05) is 0 Å². The Balaban J connectivity index is 2.75. The molecule has 1 radical (unpaired) electrons. The first-order valence-corrected chi connectivity index (χ1v) is 3.98. The van der Waals surface area contributed by atoms with E-state index in [1.54, 1.807) is 25.1 Å². The van der Waals surface area contributed by atoms with Crippen molar-refractivity contribution in [3.05, 3.63) is 29.3 Å². The van der Waals surface area contributed by atoms with Crippen LogP contribution in [0.4, 0.5) is 0 Å². The molecule has 1 aromatic rings. The van der Waals surface area contributed by atoms with Crippen molar-refractivity contribution in [1.29, 1.82) is 0 Å². The molecule has 1 aromatic carbocycles. The monoisotopic (exact) mass is 183 g/mol. The van der Waals surface area contributed by atoms with Gasteiger partial charge in [0.25, 0.3) is 0 Å². The van der Waals surface area contributed by atoms with Crippen molar-refractivity contribution >= 4 is 17.6 Å². The van der Waals surface area contributed by atoms with E-state index >= 15 is 0 Å². The summed E-state index contributed by atoms with van der Waals surface area (Å²) < 4.78 is 4.87. The van der Waals surface area contributed by atoms with Crippen LogP contribution in [0.1, 0.15) is 13.3 Å². The molecule has 0 aliphatic heterocycles. The Kier molecular flexibility index (Phi) is 3.11. The highest BCUT2D eigenvalue weighted by Gasteiger charge is 2.04. The molecule has 0 unspecified atom stereocenters. The summed E-state index contributed by atoms with van der Waals surface area (Å²) in [6.07, 6.45) is 0.332. The third-order valence-corrected chi connectivity index (χ3v) is 1.57. The average Bonchev–Trinajstić information content (AvgIpc) is 2.09. The van der Waals surface area contributed by atoms with Crippen molar-refractivity contribution in [1.82, 2.24) is 0 Å². The van der Waals surface area contributed by atoms with Crippen LogP contribution in [0.25, 0.3) is 0 Å². The minimum absolute atomic E-state index is 0.297. The number of halogens is 1. The summed E-state index contributed by atoms with van der Waals surface area (Å²) in [6.45, 7) is 1.72. The van der Waals surface area contributed by atoms with Gasteiger partial charge in [-0.05, 0) is 6.07 Å². The predicted octanol–water partition coefficient (Wildman–Crippen LogP) is 2.46. The van der Waals surface area contributed by atoms with Crippen LogP contribution in [0, 0.1) is 6.07 Å². The fourth-order valence-corrected chi connectivity index (χ4v) is 0.831. The maximum atomic E-state index is 10.8. The van der Waals surface area contributed by atoms with Crippen molar-refractivity contribution in [2.45, 2.75) is 13.3 Å². The summed E-state index contributed by atoms with van der Waals surface area (Å²) in [7, 11) is 0. The quantitative estimate of drug-likeness (QED) is 0.520. The van der Waals surface area contributed by atoms with E-state index in [4.69, 9.17) is 16.3 Å². The average molecular weight is 184 g/mol. The lowest BCUT2D eigenvalue weighted by molar-refractivity contribution is -0.134. The lowest BCUT2D eigenvalue weighted by Crippen LogP contribution is -2.05. The topological polar surface area (TPSA) is 26.3 Å². The molecule has 2 nitrogen and oxygen atoms in total. The normalized spacial score (nSPS) is 9.50. The third-order valence-electron chi connectivity index (χ3n) is 1.27. The summed E-state index contributed by atoms with van der Waals surface area (Å²) in [6, 6.07) is 7.75. The van der Waals surface area contributed by atoms with E-state index < -0.39 is 0 Å². The molecule has 0 heterocycles. The van der Waals surface area contributed by atoms with E-state index in [1.165, 1.54) is 0 Å². The van der Waals surface area contributed by atoms with Crippen LogP contribution < -0.4 is 4.74 Å². The van der Waals surface area contributed by atoms with Crippen molar-refractivity contribution in [3.8, 4) is 5.75 Å². The molecule has 0 atom stereocenters. The molecule has 0 spiro atoms. The van der Waals surface area contributed by atoms with Gasteiger partial charge in [-0.15, -0.1) is 0 Å². The summed E-state index contributed by atoms with van der Waals surface area (Å²) >= 11 is 5.72. The first-order chi connectivity index (χ1) is 5.74. The Bertz CT molecular complexity index is 284. The van der Waals surface area contributed by atoms with Crippen molar-refractivity contribution < 1.29 is 9.53 Å². The van der Waals surface area contributed by atoms with Gasteiger partial charge in [0.2, 0.25) is 0 Å². The van der Waals surface area contributed by atoms with Crippen LogP contribution in [0.15, 0.2) is 18.2 Å². The fourth-order valence-electron chi connectivity index (χ4n) is 0.665. The van der Waals surface area contributed by atoms with E-state index in [1.807, 2.05) is 0 Å². The predicted molar refractivity (Wildman–Crippen MR) is 46.2 cm³/mol. The molecule has 0 amide bonds. The third kappa shape index (κ3) is 2.24. The van der Waals surface area contributed by atoms with E-state index in [9.17, 15) is 4.79 Å². The number of hydrogen-bond acceptors (Lipinski definition) is 2. The molecule has 0 aromatic heterocycles. The molecular weight excluding hydrogens is 176 g/mol. The fraction of sp³-hybridized carbons (Fsp3) is 0.222. The first-order valence-electron chi connectivity index (χ1n) is 3.61. The highest BCUT2D eigenvalue weighted by atomic mass is 35.5. The maximum Gasteiger partial charge on any atom is 0.310 e. The Morgan fingerprint density at radius 2 is 2.50 bits per heavy atom. The van der Waals surface area contributed by atoms with Gasteiger partial charge in [-0.2, -0.15) is 0 Å². The summed E-state index contributed by atoms with van der Waals surface area (Å²) in [5, 5.41) is 0.402. The van der Waals surface area contributed by atoms with Crippen LogP contribution in [-0.2, 0) is 4.79 Å². The second-order valence-corrected chi connectivity index (χ2v) is 2.58. The van der Waals surface area contributed by atoms with Crippen molar-refractivity contribution in [2.24, 2.45) is 0 Å². The molecule has 0 N–H and O–H groups in total. The second-order valence-electron chi connectivity index (χ2n) is 2.17. The van der Waals surface area contributed by atoms with Gasteiger partial charge in [-0.3, -0.25) is 4.79 Å². The van der Waals surface area contributed by atoms with Crippen molar-refractivity contribution in [3.63, 3.8) is 0 Å². The zero-order chi connectivity index (χ0) is 8.97.